The maximum atomic E-state index is 14.1. The van der Waals surface area contributed by atoms with Crippen LogP contribution in [0.1, 0.15) is 41.8 Å². The average Bonchev–Trinajstić information content (AvgIpc) is 3.29. The first-order valence-electron chi connectivity index (χ1n) is 15.8. The topological polar surface area (TPSA) is 129 Å². The molecule has 2 N–H and O–H groups in total. The van der Waals surface area contributed by atoms with Crippen molar-refractivity contribution in [2.24, 2.45) is 0 Å². The van der Waals surface area contributed by atoms with Gasteiger partial charge >= 0.3 is 0 Å². The summed E-state index contributed by atoms with van der Waals surface area (Å²) in [4.78, 5) is 44.4. The van der Waals surface area contributed by atoms with Gasteiger partial charge < -0.3 is 29.3 Å². The number of nitrogens with one attached hydrogen (secondary N) is 2. The Balaban J connectivity index is 1.58. The summed E-state index contributed by atoms with van der Waals surface area (Å²) in [6, 6.07) is 19.9. The highest BCUT2D eigenvalue weighted by molar-refractivity contribution is 5.96. The van der Waals surface area contributed by atoms with Gasteiger partial charge in [0, 0.05) is 53.9 Å². The third-order valence-electron chi connectivity index (χ3n) is 8.60. The molecule has 10 heteroatoms. The van der Waals surface area contributed by atoms with Crippen molar-refractivity contribution in [1.29, 1.82) is 0 Å². The summed E-state index contributed by atoms with van der Waals surface area (Å²) in [5, 5.41) is 6.53. The lowest BCUT2D eigenvalue weighted by Crippen LogP contribution is -2.27. The number of rotatable bonds is 10. The summed E-state index contributed by atoms with van der Waals surface area (Å²) in [5.41, 5.74) is 4.79. The number of aryl methyl sites for hydroxylation is 1. The Morgan fingerprint density at radius 1 is 0.958 bits per heavy atom. The molecular formula is C38H37N3O7. The fourth-order valence-electron chi connectivity index (χ4n) is 6.48. The van der Waals surface area contributed by atoms with Gasteiger partial charge in [0.25, 0.3) is 0 Å². The number of aromatic nitrogens is 1. The first kappa shape index (κ1) is 32.3. The van der Waals surface area contributed by atoms with Gasteiger partial charge in [-0.1, -0.05) is 36.4 Å². The normalized spacial score (nSPS) is 13.5. The summed E-state index contributed by atoms with van der Waals surface area (Å²) >= 11 is 0. The van der Waals surface area contributed by atoms with Gasteiger partial charge in [0.15, 0.2) is 17.1 Å². The fourth-order valence-corrected chi connectivity index (χ4v) is 6.48. The van der Waals surface area contributed by atoms with Crippen LogP contribution in [-0.4, -0.2) is 44.7 Å². The van der Waals surface area contributed by atoms with Crippen molar-refractivity contribution in [3.8, 4) is 39.7 Å². The molecule has 0 spiro atoms. The van der Waals surface area contributed by atoms with Crippen LogP contribution in [0.5, 0.6) is 17.2 Å². The second-order valence-electron chi connectivity index (χ2n) is 11.6. The van der Waals surface area contributed by atoms with Gasteiger partial charge in [0.05, 0.1) is 33.8 Å². The van der Waals surface area contributed by atoms with Gasteiger partial charge in [0.1, 0.15) is 5.76 Å². The molecule has 2 aromatic heterocycles. The lowest BCUT2D eigenvalue weighted by atomic mass is 9.94. The average molecular weight is 648 g/mol. The van der Waals surface area contributed by atoms with Gasteiger partial charge in [-0.3, -0.25) is 19.4 Å². The predicted octanol–water partition coefficient (Wildman–Crippen LogP) is 5.57. The zero-order valence-corrected chi connectivity index (χ0v) is 27.3. The number of carbonyl (C=O) groups excluding carboxylic acids is 2. The minimum Gasteiger partial charge on any atom is -0.493 e. The second-order valence-corrected chi connectivity index (χ2v) is 11.6. The predicted molar refractivity (Wildman–Crippen MR) is 183 cm³/mol. The van der Waals surface area contributed by atoms with Crippen molar-refractivity contribution in [2.75, 3.05) is 27.9 Å². The number of benzene rings is 2. The van der Waals surface area contributed by atoms with Crippen LogP contribution in [0, 0.1) is 0 Å². The molecule has 1 aliphatic carbocycles. The summed E-state index contributed by atoms with van der Waals surface area (Å²) in [7, 11) is 4.65. The van der Waals surface area contributed by atoms with Crippen LogP contribution >= 0.6 is 0 Å². The van der Waals surface area contributed by atoms with Crippen molar-refractivity contribution in [1.82, 2.24) is 15.6 Å². The van der Waals surface area contributed by atoms with Crippen molar-refractivity contribution in [3.63, 3.8) is 0 Å². The second kappa shape index (κ2) is 14.0. The molecule has 246 valence electrons. The zero-order valence-electron chi connectivity index (χ0n) is 27.3. The van der Waals surface area contributed by atoms with E-state index in [9.17, 15) is 14.4 Å². The highest BCUT2D eigenvalue weighted by Crippen LogP contribution is 2.51. The van der Waals surface area contributed by atoms with E-state index in [0.29, 0.717) is 76.5 Å². The van der Waals surface area contributed by atoms with E-state index < -0.39 is 6.04 Å². The Labute approximate surface area is 278 Å². The molecule has 0 saturated heterocycles. The molecule has 2 heterocycles. The number of carbonyl (C=O) groups is 2. The van der Waals surface area contributed by atoms with Crippen LogP contribution in [0.25, 0.3) is 33.4 Å². The molecule has 48 heavy (non-hydrogen) atoms. The molecule has 0 fully saturated rings. The summed E-state index contributed by atoms with van der Waals surface area (Å²) in [6.07, 6.45) is 3.33. The number of pyridine rings is 1. The minimum atomic E-state index is -0.484. The maximum Gasteiger partial charge on any atom is 0.224 e. The Morgan fingerprint density at radius 3 is 2.42 bits per heavy atom. The number of fused-ring (bicyclic) bond motifs is 4. The van der Waals surface area contributed by atoms with E-state index in [1.807, 2.05) is 60.7 Å². The molecule has 2 amide bonds. The Kier molecular flexibility index (Phi) is 9.43. The quantitative estimate of drug-likeness (QED) is 0.201. The van der Waals surface area contributed by atoms with E-state index in [1.54, 1.807) is 20.4 Å². The summed E-state index contributed by atoms with van der Waals surface area (Å²) < 4.78 is 23.8. The standard InChI is InChI=1S/C38H37N3O7/c1-22(42)41-30-14-13-24-18-32(45-2)37(46-3)38(47-4)34(24)27-19-28-29(21-33(44)40-17-15-25-12-8-9-16-39-25)35(23-10-6-5-7-11-23)48-36(28)31(43)20-26(27)30/h5-12,16,18-20,30H,13-15,17,21H2,1-4H3,(H,40,44)(H,41,42)/t30-/m0/s1. The van der Waals surface area contributed by atoms with E-state index in [0.717, 1.165) is 16.8 Å². The van der Waals surface area contributed by atoms with Gasteiger partial charge in [-0.25, -0.2) is 0 Å². The largest absolute Gasteiger partial charge is 0.493 e. The molecule has 0 unspecified atom stereocenters. The molecule has 10 nitrogen and oxygen atoms in total. The molecule has 3 aromatic carbocycles. The first-order valence-corrected chi connectivity index (χ1v) is 15.8. The number of hydrogen-bond acceptors (Lipinski definition) is 8. The third-order valence-corrected chi connectivity index (χ3v) is 8.60. The summed E-state index contributed by atoms with van der Waals surface area (Å²) in [5.74, 6) is 1.32. The van der Waals surface area contributed by atoms with Crippen LogP contribution in [-0.2, 0) is 28.9 Å². The number of ether oxygens (including phenoxy) is 3. The molecule has 0 bridgehead atoms. The number of furan rings is 1. The van der Waals surface area contributed by atoms with E-state index in [4.69, 9.17) is 18.6 Å². The number of methoxy groups -OCH3 is 3. The van der Waals surface area contributed by atoms with Gasteiger partial charge in [-0.15, -0.1) is 0 Å². The van der Waals surface area contributed by atoms with Crippen LogP contribution in [0.2, 0.25) is 0 Å². The lowest BCUT2D eigenvalue weighted by molar-refractivity contribution is -0.121. The van der Waals surface area contributed by atoms with Crippen LogP contribution in [0.4, 0.5) is 0 Å². The van der Waals surface area contributed by atoms with Gasteiger partial charge in [-0.2, -0.15) is 0 Å². The number of amides is 2. The lowest BCUT2D eigenvalue weighted by Gasteiger charge is -2.20. The third kappa shape index (κ3) is 6.33. The maximum absolute atomic E-state index is 14.1. The van der Waals surface area contributed by atoms with E-state index in [-0.39, 0.29) is 29.2 Å². The first-order chi connectivity index (χ1) is 23.3. The number of hydrogen-bond donors (Lipinski definition) is 2. The van der Waals surface area contributed by atoms with Crippen molar-refractivity contribution in [2.45, 2.75) is 38.6 Å². The zero-order chi connectivity index (χ0) is 33.8. The van der Waals surface area contributed by atoms with E-state index in [1.165, 1.54) is 20.1 Å². The smallest absolute Gasteiger partial charge is 0.224 e. The summed E-state index contributed by atoms with van der Waals surface area (Å²) in [6.45, 7) is 1.85. The van der Waals surface area contributed by atoms with Crippen LogP contribution < -0.4 is 30.3 Å². The van der Waals surface area contributed by atoms with Crippen LogP contribution in [0.3, 0.4) is 0 Å². The Hall–Kier alpha value is -5.64. The molecule has 0 saturated carbocycles. The van der Waals surface area contributed by atoms with Gasteiger partial charge in [-0.05, 0) is 59.9 Å². The van der Waals surface area contributed by atoms with E-state index in [2.05, 4.69) is 15.6 Å². The molecular weight excluding hydrogens is 610 g/mol. The van der Waals surface area contributed by atoms with Crippen molar-refractivity contribution < 1.29 is 28.2 Å². The van der Waals surface area contributed by atoms with Crippen LogP contribution in [0.15, 0.2) is 82.1 Å². The Bertz CT molecular complexity index is 2040. The fraction of sp³-hybridized carbons (Fsp3) is 0.263. The van der Waals surface area contributed by atoms with Crippen molar-refractivity contribution >= 4 is 22.8 Å². The molecule has 0 radical (unpaired) electrons. The Morgan fingerprint density at radius 2 is 1.73 bits per heavy atom. The monoisotopic (exact) mass is 647 g/mol. The highest BCUT2D eigenvalue weighted by atomic mass is 16.5. The van der Waals surface area contributed by atoms with Crippen molar-refractivity contribution in [3.05, 3.63) is 106 Å². The molecule has 0 aliphatic heterocycles. The van der Waals surface area contributed by atoms with Gasteiger partial charge in [0.2, 0.25) is 23.0 Å². The number of nitrogens with zero attached hydrogens (tertiary/aromatic N) is 1. The molecule has 1 aliphatic rings. The highest BCUT2D eigenvalue weighted by Gasteiger charge is 2.31. The molecule has 6 rings (SSSR count). The minimum absolute atomic E-state index is 0.0390. The SMILES string of the molecule is COc1cc2c(c(OC)c1OC)-c1cc3c(CC(=O)NCCc4ccccn4)c(-c4ccccc4)oc3c(=O)cc1[C@@H](NC(C)=O)CC2. The van der Waals surface area contributed by atoms with E-state index >= 15 is 0 Å². The molecule has 5 aromatic rings. The molecule has 1 atom stereocenters.